The van der Waals surface area contributed by atoms with E-state index in [-0.39, 0.29) is 32.0 Å². The van der Waals surface area contributed by atoms with Gasteiger partial charge < -0.3 is 39.4 Å². The number of hydrogen-bond donors (Lipinski definition) is 4. The van der Waals surface area contributed by atoms with Crippen molar-refractivity contribution in [3.8, 4) is 0 Å². The van der Waals surface area contributed by atoms with Crippen molar-refractivity contribution in [3.63, 3.8) is 0 Å². The van der Waals surface area contributed by atoms with Gasteiger partial charge in [-0.1, -0.05) is 161 Å². The molecule has 0 saturated carbocycles. The zero-order valence-electron chi connectivity index (χ0n) is 34.5. The summed E-state index contributed by atoms with van der Waals surface area (Å²) in [6.07, 6.45) is 29.3. The van der Waals surface area contributed by atoms with Gasteiger partial charge >= 0.3 is 11.9 Å². The molecule has 54 heavy (non-hydrogen) atoms. The highest BCUT2D eigenvalue weighted by Crippen LogP contribution is 2.23. The first-order chi connectivity index (χ1) is 26.3. The predicted molar refractivity (Wildman–Crippen MR) is 215 cm³/mol. The third-order valence-electron chi connectivity index (χ3n) is 10.4. The van der Waals surface area contributed by atoms with Crippen LogP contribution in [0.15, 0.2) is 12.2 Å². The monoisotopic (exact) mass is 771 g/mol. The van der Waals surface area contributed by atoms with Gasteiger partial charge in [0.15, 0.2) is 12.4 Å². The van der Waals surface area contributed by atoms with Gasteiger partial charge in [-0.2, -0.15) is 0 Å². The second kappa shape index (κ2) is 35.8. The van der Waals surface area contributed by atoms with Crippen LogP contribution < -0.4 is 0 Å². The van der Waals surface area contributed by atoms with E-state index >= 15 is 0 Å². The molecule has 0 aromatic carbocycles. The zero-order chi connectivity index (χ0) is 39.5. The molecule has 0 aromatic heterocycles. The number of rotatable bonds is 37. The average Bonchev–Trinajstić information content (AvgIpc) is 3.17. The van der Waals surface area contributed by atoms with Crippen molar-refractivity contribution in [2.75, 3.05) is 19.8 Å². The highest BCUT2D eigenvalue weighted by molar-refractivity contribution is 5.70. The molecule has 2 unspecified atom stereocenters. The van der Waals surface area contributed by atoms with E-state index in [9.17, 15) is 30.0 Å². The molecular weight excluding hydrogens is 688 g/mol. The SMILES string of the molecule is CCCCCCCC/C=C/CCCCCCCC(=O)OC[C@@H](CO[C@H]1O[C@@H](CO)[C@@H](O)C(O)C1O)OC(=O)CCCCCCCCCCCCCCCC. The standard InChI is InChI=1S/C44H82O10/c1-3-5-7-9-11-13-15-17-19-21-22-24-26-28-30-32-39(46)51-35-37(36-52-44-43(50)42(49)41(48)38(34-45)54-44)53-40(47)33-31-29-27-25-23-20-18-16-14-12-10-8-6-4-2/h17,19,37-38,41-45,48-50H,3-16,18,20-36H2,1-2H3/b19-17+/t37-,38-,41+,42?,43?,44-/m0/s1. The lowest BCUT2D eigenvalue weighted by molar-refractivity contribution is -0.305. The molecule has 0 aromatic rings. The number of allylic oxidation sites excluding steroid dienone is 2. The van der Waals surface area contributed by atoms with Crippen molar-refractivity contribution in [1.29, 1.82) is 0 Å². The predicted octanol–water partition coefficient (Wildman–Crippen LogP) is 9.17. The van der Waals surface area contributed by atoms with E-state index in [1.807, 2.05) is 0 Å². The third kappa shape index (κ3) is 27.1. The average molecular weight is 771 g/mol. The normalized spacial score (nSPS) is 20.7. The lowest BCUT2D eigenvalue weighted by Gasteiger charge is -2.39. The van der Waals surface area contributed by atoms with E-state index in [4.69, 9.17) is 18.9 Å². The summed E-state index contributed by atoms with van der Waals surface area (Å²) in [4.78, 5) is 25.3. The Kier molecular flexibility index (Phi) is 33.5. The van der Waals surface area contributed by atoms with Crippen LogP contribution in [-0.2, 0) is 28.5 Å². The number of esters is 2. The van der Waals surface area contributed by atoms with Crippen LogP contribution in [0.2, 0.25) is 0 Å². The molecule has 10 nitrogen and oxygen atoms in total. The van der Waals surface area contributed by atoms with Crippen molar-refractivity contribution < 1.29 is 49.0 Å². The van der Waals surface area contributed by atoms with Gasteiger partial charge in [-0.05, 0) is 38.5 Å². The van der Waals surface area contributed by atoms with Crippen LogP contribution >= 0.6 is 0 Å². The van der Waals surface area contributed by atoms with Crippen molar-refractivity contribution in [2.24, 2.45) is 0 Å². The Morgan fingerprint density at radius 2 is 0.981 bits per heavy atom. The van der Waals surface area contributed by atoms with Crippen LogP contribution in [0.25, 0.3) is 0 Å². The first kappa shape index (κ1) is 50.5. The number of aliphatic hydroxyl groups excluding tert-OH is 4. The van der Waals surface area contributed by atoms with Gasteiger partial charge in [0.2, 0.25) is 0 Å². The molecule has 1 aliphatic heterocycles. The van der Waals surface area contributed by atoms with Gasteiger partial charge in [-0.25, -0.2) is 0 Å². The molecule has 1 aliphatic rings. The summed E-state index contributed by atoms with van der Waals surface area (Å²) in [5, 5.41) is 40.0. The largest absolute Gasteiger partial charge is 0.462 e. The van der Waals surface area contributed by atoms with Crippen LogP contribution in [-0.4, -0.2) is 89.0 Å². The van der Waals surface area contributed by atoms with Crippen LogP contribution in [0.1, 0.15) is 200 Å². The van der Waals surface area contributed by atoms with E-state index in [0.29, 0.717) is 6.42 Å². The molecule has 0 bridgehead atoms. The third-order valence-corrected chi connectivity index (χ3v) is 10.4. The number of carbonyl (C=O) groups excluding carboxylic acids is 2. The zero-order valence-corrected chi connectivity index (χ0v) is 34.5. The molecule has 1 saturated heterocycles. The smallest absolute Gasteiger partial charge is 0.306 e. The van der Waals surface area contributed by atoms with Crippen LogP contribution in [0, 0.1) is 0 Å². The summed E-state index contributed by atoms with van der Waals surface area (Å²) in [7, 11) is 0. The number of aliphatic hydroxyl groups is 4. The number of hydrogen-bond acceptors (Lipinski definition) is 10. The van der Waals surface area contributed by atoms with Crippen molar-refractivity contribution in [3.05, 3.63) is 12.2 Å². The first-order valence-electron chi connectivity index (χ1n) is 22.3. The lowest BCUT2D eigenvalue weighted by atomic mass is 9.99. The fraction of sp³-hybridized carbons (Fsp3) is 0.909. The van der Waals surface area contributed by atoms with Gasteiger partial charge in [-0.3, -0.25) is 9.59 Å². The Labute approximate surface area is 329 Å². The lowest BCUT2D eigenvalue weighted by Crippen LogP contribution is -2.59. The Balaban J connectivity index is 2.33. The second-order valence-electron chi connectivity index (χ2n) is 15.5. The molecule has 0 radical (unpaired) electrons. The van der Waals surface area contributed by atoms with Crippen LogP contribution in [0.3, 0.4) is 0 Å². The number of ether oxygens (including phenoxy) is 4. The summed E-state index contributed by atoms with van der Waals surface area (Å²) in [5.74, 6) is -0.807. The Morgan fingerprint density at radius 1 is 0.556 bits per heavy atom. The van der Waals surface area contributed by atoms with E-state index in [2.05, 4.69) is 26.0 Å². The minimum Gasteiger partial charge on any atom is -0.462 e. The van der Waals surface area contributed by atoms with Gasteiger partial charge in [0.05, 0.1) is 13.2 Å². The minimum absolute atomic E-state index is 0.216. The second-order valence-corrected chi connectivity index (χ2v) is 15.5. The molecule has 318 valence electrons. The summed E-state index contributed by atoms with van der Waals surface area (Å²) < 4.78 is 22.1. The fourth-order valence-electron chi connectivity index (χ4n) is 6.83. The van der Waals surface area contributed by atoms with Gasteiger partial charge in [-0.15, -0.1) is 0 Å². The summed E-state index contributed by atoms with van der Waals surface area (Å²) in [6, 6.07) is 0. The minimum atomic E-state index is -1.59. The molecule has 10 heteroatoms. The highest BCUT2D eigenvalue weighted by atomic mass is 16.7. The topological polar surface area (TPSA) is 152 Å². The van der Waals surface area contributed by atoms with Crippen molar-refractivity contribution in [2.45, 2.75) is 237 Å². The van der Waals surface area contributed by atoms with Gasteiger partial charge in [0.1, 0.15) is 31.0 Å². The summed E-state index contributed by atoms with van der Waals surface area (Å²) >= 11 is 0. The van der Waals surface area contributed by atoms with Gasteiger partial charge in [0, 0.05) is 12.8 Å². The maximum Gasteiger partial charge on any atom is 0.306 e. The van der Waals surface area contributed by atoms with E-state index < -0.39 is 49.4 Å². The molecule has 0 aliphatic carbocycles. The maximum atomic E-state index is 12.7. The summed E-state index contributed by atoms with van der Waals surface area (Å²) in [5.41, 5.74) is 0. The quantitative estimate of drug-likeness (QED) is 0.0273. The molecule has 0 spiro atoms. The van der Waals surface area contributed by atoms with Crippen molar-refractivity contribution >= 4 is 11.9 Å². The molecule has 0 amide bonds. The van der Waals surface area contributed by atoms with E-state index in [1.165, 1.54) is 109 Å². The van der Waals surface area contributed by atoms with E-state index in [1.54, 1.807) is 0 Å². The molecule has 1 rings (SSSR count). The Hall–Kier alpha value is -1.56. The van der Waals surface area contributed by atoms with Gasteiger partial charge in [0.25, 0.3) is 0 Å². The molecule has 4 N–H and O–H groups in total. The number of unbranched alkanes of at least 4 members (excludes halogenated alkanes) is 24. The number of carbonyl (C=O) groups is 2. The van der Waals surface area contributed by atoms with Crippen LogP contribution in [0.5, 0.6) is 0 Å². The molecular formula is C44H82O10. The van der Waals surface area contributed by atoms with Crippen molar-refractivity contribution in [1.82, 2.24) is 0 Å². The first-order valence-corrected chi connectivity index (χ1v) is 22.3. The van der Waals surface area contributed by atoms with E-state index in [0.717, 1.165) is 57.8 Å². The van der Waals surface area contributed by atoms with Crippen LogP contribution in [0.4, 0.5) is 0 Å². The maximum absolute atomic E-state index is 12.7. The molecule has 6 atom stereocenters. The molecule has 1 heterocycles. The Bertz CT molecular complexity index is 897. The summed E-state index contributed by atoms with van der Waals surface area (Å²) in [6.45, 7) is 3.42. The highest BCUT2D eigenvalue weighted by Gasteiger charge is 2.44. The Morgan fingerprint density at radius 3 is 1.44 bits per heavy atom. The fourth-order valence-corrected chi connectivity index (χ4v) is 6.83. The molecule has 1 fully saturated rings.